The molecule has 0 aromatic heterocycles. The molecule has 1 amide bonds. The fourth-order valence-electron chi connectivity index (χ4n) is 4.27. The molecule has 31 heavy (non-hydrogen) atoms. The zero-order chi connectivity index (χ0) is 20.9. The van der Waals surface area contributed by atoms with Gasteiger partial charge in [0.2, 0.25) is 0 Å². The van der Waals surface area contributed by atoms with Crippen LogP contribution in [-0.4, -0.2) is 11.6 Å². The first kappa shape index (κ1) is 17.7. The largest absolute Gasteiger partial charge is 0.455 e. The van der Waals surface area contributed by atoms with Crippen molar-refractivity contribution in [3.63, 3.8) is 0 Å². The highest BCUT2D eigenvalue weighted by atomic mass is 16.3. The van der Waals surface area contributed by atoms with E-state index in [1.54, 1.807) is 0 Å². The standard InChI is InChI=1S/C27H18N2O2/c1-17-22(27(30)29(28-17)19-10-3-2-4-11-19)16-24-21-13-7-6-12-20(21)23-15-18-9-5-8-14-25(18)31-26(23)24/h2-16H,1H3. The van der Waals surface area contributed by atoms with Gasteiger partial charge in [0.05, 0.1) is 17.0 Å². The van der Waals surface area contributed by atoms with Crippen LogP contribution in [0.15, 0.2) is 100 Å². The van der Waals surface area contributed by atoms with Crippen LogP contribution < -0.4 is 5.01 Å². The average Bonchev–Trinajstić information content (AvgIpc) is 3.27. The van der Waals surface area contributed by atoms with Gasteiger partial charge in [-0.3, -0.25) is 4.79 Å². The Morgan fingerprint density at radius 2 is 1.58 bits per heavy atom. The van der Waals surface area contributed by atoms with Crippen LogP contribution >= 0.6 is 0 Å². The Labute approximate surface area is 179 Å². The van der Waals surface area contributed by atoms with E-state index < -0.39 is 0 Å². The van der Waals surface area contributed by atoms with Gasteiger partial charge in [-0.15, -0.1) is 0 Å². The second kappa shape index (κ2) is 6.67. The van der Waals surface area contributed by atoms with Gasteiger partial charge in [0.1, 0.15) is 11.3 Å². The zero-order valence-electron chi connectivity index (χ0n) is 16.9. The maximum Gasteiger partial charge on any atom is 0.280 e. The molecule has 0 atom stereocenters. The lowest BCUT2D eigenvalue weighted by molar-refractivity contribution is -0.114. The molecule has 4 heteroatoms. The summed E-state index contributed by atoms with van der Waals surface area (Å²) in [5, 5.41) is 9.19. The van der Waals surface area contributed by atoms with Crippen molar-refractivity contribution in [3.05, 3.63) is 96.1 Å². The molecule has 0 saturated heterocycles. The lowest BCUT2D eigenvalue weighted by atomic mass is 10.1. The third-order valence-corrected chi connectivity index (χ3v) is 5.78. The lowest BCUT2D eigenvalue weighted by Gasteiger charge is -2.11. The molecule has 0 saturated carbocycles. The van der Waals surface area contributed by atoms with Crippen molar-refractivity contribution in [2.24, 2.45) is 5.10 Å². The Morgan fingerprint density at radius 1 is 0.871 bits per heavy atom. The molecule has 0 bridgehead atoms. The number of rotatable bonds is 2. The first-order valence-electron chi connectivity index (χ1n) is 10.2. The normalized spacial score (nSPS) is 15.5. The van der Waals surface area contributed by atoms with Crippen molar-refractivity contribution in [2.75, 3.05) is 5.01 Å². The third kappa shape index (κ3) is 2.69. The van der Waals surface area contributed by atoms with Crippen molar-refractivity contribution in [2.45, 2.75) is 6.92 Å². The van der Waals surface area contributed by atoms with Crippen molar-refractivity contribution >= 4 is 45.1 Å². The Bertz CT molecular complexity index is 1510. The van der Waals surface area contributed by atoms with Crippen LogP contribution in [0.2, 0.25) is 0 Å². The van der Waals surface area contributed by atoms with E-state index in [9.17, 15) is 4.79 Å². The second-order valence-corrected chi connectivity index (χ2v) is 7.68. The maximum absolute atomic E-state index is 13.2. The molecule has 3 aliphatic rings. The lowest BCUT2D eigenvalue weighted by Crippen LogP contribution is -2.21. The molecular formula is C27H18N2O2. The Balaban J connectivity index is 1.58. The highest BCUT2D eigenvalue weighted by Crippen LogP contribution is 2.43. The molecular weight excluding hydrogens is 384 g/mol. The van der Waals surface area contributed by atoms with E-state index in [-0.39, 0.29) is 5.91 Å². The summed E-state index contributed by atoms with van der Waals surface area (Å²) in [5.74, 6) is 0.647. The van der Waals surface area contributed by atoms with Crippen LogP contribution in [0.5, 0.6) is 0 Å². The number of hydrazone groups is 1. The first-order chi connectivity index (χ1) is 15.2. The van der Waals surface area contributed by atoms with Gasteiger partial charge in [0.15, 0.2) is 0 Å². The molecule has 3 aromatic rings. The van der Waals surface area contributed by atoms with Gasteiger partial charge in [-0.05, 0) is 48.0 Å². The summed E-state index contributed by atoms with van der Waals surface area (Å²) >= 11 is 0. The van der Waals surface area contributed by atoms with Gasteiger partial charge in [-0.25, -0.2) is 0 Å². The number of benzene rings is 3. The van der Waals surface area contributed by atoms with Crippen molar-refractivity contribution in [1.29, 1.82) is 0 Å². The molecule has 1 aliphatic carbocycles. The molecule has 2 aliphatic heterocycles. The predicted molar refractivity (Wildman–Crippen MR) is 125 cm³/mol. The zero-order valence-corrected chi connectivity index (χ0v) is 16.9. The predicted octanol–water partition coefficient (Wildman–Crippen LogP) is 6.50. The van der Waals surface area contributed by atoms with E-state index in [2.05, 4.69) is 23.3 Å². The summed E-state index contributed by atoms with van der Waals surface area (Å²) in [7, 11) is 0. The number of hydrogen-bond donors (Lipinski definition) is 0. The quantitative estimate of drug-likeness (QED) is 0.317. The topological polar surface area (TPSA) is 45.8 Å². The van der Waals surface area contributed by atoms with Crippen molar-refractivity contribution in [3.8, 4) is 11.3 Å². The molecule has 0 spiro atoms. The maximum atomic E-state index is 13.2. The average molecular weight is 402 g/mol. The number of carbonyl (C=O) groups excluding carboxylic acids is 1. The minimum absolute atomic E-state index is 0.136. The number of fused-ring (bicyclic) bond motifs is 4. The van der Waals surface area contributed by atoms with Gasteiger partial charge >= 0.3 is 0 Å². The molecule has 148 valence electrons. The van der Waals surface area contributed by atoms with Crippen LogP contribution in [0.3, 0.4) is 0 Å². The minimum Gasteiger partial charge on any atom is -0.455 e. The highest BCUT2D eigenvalue weighted by Gasteiger charge is 2.30. The van der Waals surface area contributed by atoms with Crippen molar-refractivity contribution < 1.29 is 9.21 Å². The van der Waals surface area contributed by atoms with E-state index in [0.29, 0.717) is 11.3 Å². The summed E-state index contributed by atoms with van der Waals surface area (Å²) in [5.41, 5.74) is 4.78. The Hall–Kier alpha value is -4.18. The minimum atomic E-state index is -0.136. The van der Waals surface area contributed by atoms with Crippen molar-refractivity contribution in [1.82, 2.24) is 0 Å². The van der Waals surface area contributed by atoms with Crippen LogP contribution in [0.4, 0.5) is 5.69 Å². The van der Waals surface area contributed by atoms with Gasteiger partial charge in [-0.2, -0.15) is 10.1 Å². The monoisotopic (exact) mass is 402 g/mol. The molecule has 2 heterocycles. The van der Waals surface area contributed by atoms with E-state index in [4.69, 9.17) is 4.42 Å². The second-order valence-electron chi connectivity index (χ2n) is 7.68. The van der Waals surface area contributed by atoms with Crippen LogP contribution in [0, 0.1) is 0 Å². The van der Waals surface area contributed by atoms with Crippen LogP contribution in [-0.2, 0) is 4.79 Å². The number of anilines is 1. The van der Waals surface area contributed by atoms with E-state index >= 15 is 0 Å². The SMILES string of the molecule is CC1=NN(c2ccccc2)C(=O)C1=Cc1c2oc3ccccc3cc-2c2ccccc12. The molecule has 0 unspecified atom stereocenters. The van der Waals surface area contributed by atoms with Crippen LogP contribution in [0.25, 0.3) is 39.1 Å². The fraction of sp³-hybridized carbons (Fsp3) is 0.0370. The summed E-state index contributed by atoms with van der Waals surface area (Å²) in [6.45, 7) is 1.87. The number of para-hydroxylation sites is 2. The van der Waals surface area contributed by atoms with Gasteiger partial charge in [0, 0.05) is 16.5 Å². The number of carbonyl (C=O) groups is 1. The fourth-order valence-corrected chi connectivity index (χ4v) is 4.27. The molecule has 6 rings (SSSR count). The van der Waals surface area contributed by atoms with Gasteiger partial charge in [-0.1, -0.05) is 60.7 Å². The molecule has 3 aromatic carbocycles. The molecule has 4 nitrogen and oxygen atoms in total. The number of nitrogens with zero attached hydrogens (tertiary/aromatic N) is 2. The van der Waals surface area contributed by atoms with Crippen LogP contribution in [0.1, 0.15) is 12.5 Å². The van der Waals surface area contributed by atoms with E-state index in [1.807, 2.05) is 79.7 Å². The number of amides is 1. The summed E-state index contributed by atoms with van der Waals surface area (Å²) in [6.07, 6.45) is 1.92. The summed E-state index contributed by atoms with van der Waals surface area (Å²) in [6, 6.07) is 27.8. The van der Waals surface area contributed by atoms with E-state index in [0.717, 1.165) is 44.3 Å². The third-order valence-electron chi connectivity index (χ3n) is 5.78. The molecule has 0 N–H and O–H groups in total. The van der Waals surface area contributed by atoms with E-state index in [1.165, 1.54) is 5.01 Å². The Morgan fingerprint density at radius 3 is 2.42 bits per heavy atom. The summed E-state index contributed by atoms with van der Waals surface area (Å²) < 4.78 is 6.35. The smallest absolute Gasteiger partial charge is 0.280 e. The highest BCUT2D eigenvalue weighted by molar-refractivity contribution is 6.33. The van der Waals surface area contributed by atoms with Gasteiger partial charge < -0.3 is 4.42 Å². The number of hydrogen-bond acceptors (Lipinski definition) is 3. The summed E-state index contributed by atoms with van der Waals surface area (Å²) in [4.78, 5) is 13.2. The van der Waals surface area contributed by atoms with Gasteiger partial charge in [0.25, 0.3) is 5.91 Å². The Kier molecular flexibility index (Phi) is 3.80. The molecule has 0 fully saturated rings. The molecule has 0 radical (unpaired) electrons. The first-order valence-corrected chi connectivity index (χ1v) is 10.2.